The summed E-state index contributed by atoms with van der Waals surface area (Å²) in [6, 6.07) is 5.70. The Labute approximate surface area is 137 Å². The predicted octanol–water partition coefficient (Wildman–Crippen LogP) is 2.64. The van der Waals surface area contributed by atoms with Crippen LogP contribution in [-0.4, -0.2) is 43.5 Å². The minimum Gasteiger partial charge on any atom is -0.361 e. The number of H-pyrrole nitrogens is 1. The molecule has 7 heteroatoms. The van der Waals surface area contributed by atoms with Crippen LogP contribution in [0.4, 0.5) is 0 Å². The number of amides is 1. The Kier molecular flexibility index (Phi) is 3.38. The SMILES string of the molecule is O=C(c1cc2ncc(Cl)cn2n1)N1CC=C(c2ccc[nH]2)CC1. The molecule has 1 aliphatic heterocycles. The van der Waals surface area contributed by atoms with Crippen LogP contribution >= 0.6 is 11.6 Å². The molecule has 0 saturated carbocycles. The quantitative estimate of drug-likeness (QED) is 0.787. The summed E-state index contributed by atoms with van der Waals surface area (Å²) in [6.07, 6.45) is 7.99. The molecule has 0 aromatic carbocycles. The average Bonchev–Trinajstić information content (AvgIpc) is 3.23. The Balaban J connectivity index is 1.55. The molecule has 0 unspecified atom stereocenters. The number of hydrogen-bond acceptors (Lipinski definition) is 3. The molecular weight excluding hydrogens is 314 g/mol. The molecule has 1 amide bonds. The fourth-order valence-corrected chi connectivity index (χ4v) is 2.89. The summed E-state index contributed by atoms with van der Waals surface area (Å²) < 4.78 is 1.53. The van der Waals surface area contributed by atoms with Gasteiger partial charge in [-0.3, -0.25) is 4.79 Å². The predicted molar refractivity (Wildman–Crippen MR) is 87.3 cm³/mol. The van der Waals surface area contributed by atoms with E-state index in [2.05, 4.69) is 21.1 Å². The lowest BCUT2D eigenvalue weighted by molar-refractivity contribution is 0.0766. The summed E-state index contributed by atoms with van der Waals surface area (Å²) in [7, 11) is 0. The second kappa shape index (κ2) is 5.55. The largest absolute Gasteiger partial charge is 0.361 e. The van der Waals surface area contributed by atoms with E-state index in [1.165, 1.54) is 10.1 Å². The molecular formula is C16H14ClN5O. The van der Waals surface area contributed by atoms with E-state index in [1.807, 2.05) is 18.3 Å². The van der Waals surface area contributed by atoms with Crippen molar-refractivity contribution < 1.29 is 4.79 Å². The van der Waals surface area contributed by atoms with Crippen LogP contribution in [0.1, 0.15) is 22.6 Å². The maximum Gasteiger partial charge on any atom is 0.274 e. The number of carbonyl (C=O) groups excluding carboxylic acids is 1. The number of fused-ring (bicyclic) bond motifs is 1. The molecule has 0 bridgehead atoms. The molecule has 0 saturated heterocycles. The van der Waals surface area contributed by atoms with Crippen molar-refractivity contribution >= 4 is 28.7 Å². The molecule has 116 valence electrons. The molecule has 4 heterocycles. The van der Waals surface area contributed by atoms with E-state index in [-0.39, 0.29) is 5.91 Å². The minimum atomic E-state index is -0.0894. The zero-order valence-electron chi connectivity index (χ0n) is 12.2. The van der Waals surface area contributed by atoms with Gasteiger partial charge in [-0.05, 0) is 24.1 Å². The van der Waals surface area contributed by atoms with Gasteiger partial charge < -0.3 is 9.88 Å². The minimum absolute atomic E-state index is 0.0894. The fourth-order valence-electron chi connectivity index (χ4n) is 2.75. The van der Waals surface area contributed by atoms with Gasteiger partial charge >= 0.3 is 0 Å². The van der Waals surface area contributed by atoms with Gasteiger partial charge in [0.15, 0.2) is 11.3 Å². The maximum atomic E-state index is 12.6. The van der Waals surface area contributed by atoms with E-state index < -0.39 is 0 Å². The van der Waals surface area contributed by atoms with Crippen LogP contribution in [0.25, 0.3) is 11.2 Å². The van der Waals surface area contributed by atoms with Crippen molar-refractivity contribution in [3.05, 3.63) is 59.3 Å². The molecule has 3 aromatic heterocycles. The third-order valence-corrected chi connectivity index (χ3v) is 4.14. The number of aromatic nitrogens is 4. The number of nitrogens with zero attached hydrogens (tertiary/aromatic N) is 4. The van der Waals surface area contributed by atoms with Crippen LogP contribution in [0, 0.1) is 0 Å². The van der Waals surface area contributed by atoms with Crippen molar-refractivity contribution in [1.82, 2.24) is 24.5 Å². The molecule has 0 atom stereocenters. The first-order valence-corrected chi connectivity index (χ1v) is 7.71. The summed E-state index contributed by atoms with van der Waals surface area (Å²) in [5.41, 5.74) is 3.35. The lowest BCUT2D eigenvalue weighted by atomic mass is 10.0. The van der Waals surface area contributed by atoms with Crippen LogP contribution < -0.4 is 0 Å². The molecule has 1 aliphatic rings. The summed E-state index contributed by atoms with van der Waals surface area (Å²) in [5, 5.41) is 4.75. The Hall–Kier alpha value is -2.60. The van der Waals surface area contributed by atoms with Crippen molar-refractivity contribution in [2.24, 2.45) is 0 Å². The highest BCUT2D eigenvalue weighted by Gasteiger charge is 2.22. The topological polar surface area (TPSA) is 66.3 Å². The third-order valence-electron chi connectivity index (χ3n) is 3.94. The second-order valence-electron chi connectivity index (χ2n) is 5.42. The standard InChI is InChI=1S/C16H14ClN5O/c17-12-9-19-15-8-14(20-22(15)10-12)16(23)21-6-3-11(4-7-21)13-2-1-5-18-13/h1-3,5,8-10,18H,4,6-7H2. The van der Waals surface area contributed by atoms with Crippen LogP contribution in [0.3, 0.4) is 0 Å². The molecule has 0 aliphatic carbocycles. The van der Waals surface area contributed by atoms with Gasteiger partial charge in [0.25, 0.3) is 5.91 Å². The van der Waals surface area contributed by atoms with Crippen molar-refractivity contribution in [2.45, 2.75) is 6.42 Å². The van der Waals surface area contributed by atoms with Crippen molar-refractivity contribution in [1.29, 1.82) is 0 Å². The van der Waals surface area contributed by atoms with Crippen LogP contribution in [0.5, 0.6) is 0 Å². The van der Waals surface area contributed by atoms with Gasteiger partial charge in [0.05, 0.1) is 11.2 Å². The van der Waals surface area contributed by atoms with E-state index in [9.17, 15) is 4.79 Å². The Morgan fingerprint density at radius 2 is 2.30 bits per heavy atom. The number of aromatic amines is 1. The molecule has 0 radical (unpaired) electrons. The molecule has 0 fully saturated rings. The van der Waals surface area contributed by atoms with E-state index in [1.54, 1.807) is 23.4 Å². The van der Waals surface area contributed by atoms with Crippen molar-refractivity contribution in [3.8, 4) is 0 Å². The van der Waals surface area contributed by atoms with E-state index in [4.69, 9.17) is 11.6 Å². The van der Waals surface area contributed by atoms with Gasteiger partial charge in [0, 0.05) is 37.2 Å². The molecule has 0 spiro atoms. The van der Waals surface area contributed by atoms with Crippen LogP contribution in [0.2, 0.25) is 5.02 Å². The van der Waals surface area contributed by atoms with Gasteiger partial charge in [-0.25, -0.2) is 9.50 Å². The number of nitrogens with one attached hydrogen (secondary N) is 1. The molecule has 1 N–H and O–H groups in total. The third kappa shape index (κ3) is 2.61. The molecule has 6 nitrogen and oxygen atoms in total. The van der Waals surface area contributed by atoms with Gasteiger partial charge in [-0.1, -0.05) is 17.7 Å². The van der Waals surface area contributed by atoms with Crippen molar-refractivity contribution in [2.75, 3.05) is 13.1 Å². The Bertz CT molecular complexity index is 896. The zero-order chi connectivity index (χ0) is 15.8. The lowest BCUT2D eigenvalue weighted by Gasteiger charge is -2.25. The molecule has 23 heavy (non-hydrogen) atoms. The maximum absolute atomic E-state index is 12.6. The lowest BCUT2D eigenvalue weighted by Crippen LogP contribution is -2.35. The monoisotopic (exact) mass is 327 g/mol. The van der Waals surface area contributed by atoms with Gasteiger partial charge in [0.2, 0.25) is 0 Å². The average molecular weight is 328 g/mol. The highest BCUT2D eigenvalue weighted by Crippen LogP contribution is 2.21. The smallest absolute Gasteiger partial charge is 0.274 e. The molecule has 3 aromatic rings. The second-order valence-corrected chi connectivity index (χ2v) is 5.86. The van der Waals surface area contributed by atoms with Gasteiger partial charge in [0.1, 0.15) is 0 Å². The van der Waals surface area contributed by atoms with Gasteiger partial charge in [-0.2, -0.15) is 5.10 Å². The first-order chi connectivity index (χ1) is 11.2. The summed E-state index contributed by atoms with van der Waals surface area (Å²) >= 11 is 5.89. The summed E-state index contributed by atoms with van der Waals surface area (Å²) in [5.74, 6) is -0.0894. The Morgan fingerprint density at radius 3 is 3.04 bits per heavy atom. The fraction of sp³-hybridized carbons (Fsp3) is 0.188. The normalized spacial score (nSPS) is 15.0. The summed E-state index contributed by atoms with van der Waals surface area (Å²) in [4.78, 5) is 21.7. The Morgan fingerprint density at radius 1 is 1.39 bits per heavy atom. The number of hydrogen-bond donors (Lipinski definition) is 1. The zero-order valence-corrected chi connectivity index (χ0v) is 13.0. The van der Waals surface area contributed by atoms with E-state index in [0.717, 1.165) is 12.1 Å². The van der Waals surface area contributed by atoms with Crippen LogP contribution in [0.15, 0.2) is 42.9 Å². The number of carbonyl (C=O) groups is 1. The van der Waals surface area contributed by atoms with Gasteiger partial charge in [-0.15, -0.1) is 0 Å². The van der Waals surface area contributed by atoms with Crippen molar-refractivity contribution in [3.63, 3.8) is 0 Å². The first kappa shape index (κ1) is 14.0. The number of halogens is 1. The first-order valence-electron chi connectivity index (χ1n) is 7.34. The highest BCUT2D eigenvalue weighted by molar-refractivity contribution is 6.30. The van der Waals surface area contributed by atoms with Crippen LogP contribution in [-0.2, 0) is 0 Å². The highest BCUT2D eigenvalue weighted by atomic mass is 35.5. The molecule has 4 rings (SSSR count). The summed E-state index contributed by atoms with van der Waals surface area (Å²) in [6.45, 7) is 1.25. The van der Waals surface area contributed by atoms with E-state index in [0.29, 0.717) is 29.5 Å². The van der Waals surface area contributed by atoms with E-state index >= 15 is 0 Å². The number of rotatable bonds is 2.